The molecule has 0 radical (unpaired) electrons. The molecule has 0 spiro atoms. The van der Waals surface area contributed by atoms with Crippen molar-refractivity contribution in [3.05, 3.63) is 72.8 Å². The Morgan fingerprint density at radius 1 is 0.968 bits per heavy atom. The molecule has 0 aliphatic heterocycles. The van der Waals surface area contributed by atoms with E-state index in [4.69, 9.17) is 0 Å². The van der Waals surface area contributed by atoms with Gasteiger partial charge in [-0.25, -0.2) is 17.9 Å². The third-order valence-electron chi connectivity index (χ3n) is 4.74. The number of carbonyl (C=O) groups excluding carboxylic acids is 1. The van der Waals surface area contributed by atoms with Crippen molar-refractivity contribution in [3.63, 3.8) is 0 Å². The Morgan fingerprint density at radius 2 is 1.65 bits per heavy atom. The number of rotatable bonds is 8. The van der Waals surface area contributed by atoms with Crippen LogP contribution in [-0.4, -0.2) is 41.6 Å². The SMILES string of the molecule is C=Cc1ccc(NC(=O)NCCNS(=O)(=O)c2cccc3c(N(C)C)cccc23)cc1. The molecular weight excluding hydrogens is 412 g/mol. The van der Waals surface area contributed by atoms with Gasteiger partial charge < -0.3 is 15.5 Å². The zero-order chi connectivity index (χ0) is 22.4. The summed E-state index contributed by atoms with van der Waals surface area (Å²) in [4.78, 5) is 14.2. The summed E-state index contributed by atoms with van der Waals surface area (Å²) in [6.45, 7) is 3.89. The van der Waals surface area contributed by atoms with E-state index in [1.54, 1.807) is 36.4 Å². The normalized spacial score (nSPS) is 11.2. The molecule has 8 heteroatoms. The zero-order valence-corrected chi connectivity index (χ0v) is 18.4. The molecule has 0 heterocycles. The number of anilines is 2. The van der Waals surface area contributed by atoms with Crippen LogP contribution >= 0.6 is 0 Å². The van der Waals surface area contributed by atoms with Gasteiger partial charge in [0.15, 0.2) is 0 Å². The topological polar surface area (TPSA) is 90.5 Å². The van der Waals surface area contributed by atoms with E-state index in [9.17, 15) is 13.2 Å². The fraction of sp³-hybridized carbons (Fsp3) is 0.174. The highest BCUT2D eigenvalue weighted by atomic mass is 32.2. The highest BCUT2D eigenvalue weighted by molar-refractivity contribution is 7.89. The summed E-state index contributed by atoms with van der Waals surface area (Å²) < 4.78 is 28.3. The monoisotopic (exact) mass is 438 g/mol. The highest BCUT2D eigenvalue weighted by Crippen LogP contribution is 2.29. The number of amides is 2. The van der Waals surface area contributed by atoms with Crippen molar-refractivity contribution in [1.82, 2.24) is 10.0 Å². The minimum Gasteiger partial charge on any atom is -0.377 e. The van der Waals surface area contributed by atoms with Crippen molar-refractivity contribution in [2.45, 2.75) is 4.90 Å². The van der Waals surface area contributed by atoms with Crippen molar-refractivity contribution < 1.29 is 13.2 Å². The maximum atomic E-state index is 12.9. The third-order valence-corrected chi connectivity index (χ3v) is 6.26. The molecule has 0 unspecified atom stereocenters. The van der Waals surface area contributed by atoms with Crippen LogP contribution in [-0.2, 0) is 10.0 Å². The van der Waals surface area contributed by atoms with E-state index in [1.165, 1.54) is 0 Å². The van der Waals surface area contributed by atoms with Gasteiger partial charge in [-0.15, -0.1) is 0 Å². The van der Waals surface area contributed by atoms with E-state index in [0.717, 1.165) is 16.6 Å². The fourth-order valence-electron chi connectivity index (χ4n) is 3.21. The Morgan fingerprint density at radius 3 is 2.32 bits per heavy atom. The Hall–Kier alpha value is -3.36. The van der Waals surface area contributed by atoms with Crippen LogP contribution in [0.25, 0.3) is 16.8 Å². The predicted octanol–water partition coefficient (Wildman–Crippen LogP) is 3.65. The number of fused-ring (bicyclic) bond motifs is 1. The van der Waals surface area contributed by atoms with E-state index >= 15 is 0 Å². The maximum Gasteiger partial charge on any atom is 0.319 e. The molecular formula is C23H26N4O3S. The molecule has 3 aromatic rings. The number of hydrogen-bond acceptors (Lipinski definition) is 4. The average molecular weight is 439 g/mol. The molecule has 0 saturated heterocycles. The standard InChI is InChI=1S/C23H26N4O3S/c1-4-17-11-13-18(14-12-17)26-23(28)24-15-16-25-31(29,30)22-10-6-7-19-20(22)8-5-9-21(19)27(2)3/h4-14,25H,1,15-16H2,2-3H3,(H2,24,26,28). The molecule has 0 saturated carbocycles. The number of urea groups is 1. The highest BCUT2D eigenvalue weighted by Gasteiger charge is 2.18. The number of carbonyl (C=O) groups is 1. The number of sulfonamides is 1. The van der Waals surface area contributed by atoms with Gasteiger partial charge in [0.25, 0.3) is 0 Å². The summed E-state index contributed by atoms with van der Waals surface area (Å²) in [6, 6.07) is 17.6. The largest absolute Gasteiger partial charge is 0.377 e. The van der Waals surface area contributed by atoms with Crippen molar-refractivity contribution in [2.75, 3.05) is 37.4 Å². The summed E-state index contributed by atoms with van der Waals surface area (Å²) >= 11 is 0. The van der Waals surface area contributed by atoms with E-state index in [2.05, 4.69) is 21.9 Å². The minimum absolute atomic E-state index is 0.0644. The molecule has 162 valence electrons. The lowest BCUT2D eigenvalue weighted by molar-refractivity contribution is 0.252. The minimum atomic E-state index is -3.74. The van der Waals surface area contributed by atoms with Gasteiger partial charge in [0.05, 0.1) is 4.90 Å². The van der Waals surface area contributed by atoms with Gasteiger partial charge in [0.2, 0.25) is 10.0 Å². The Kier molecular flexibility index (Phi) is 6.94. The molecule has 0 fully saturated rings. The molecule has 7 nitrogen and oxygen atoms in total. The van der Waals surface area contributed by atoms with Crippen LogP contribution in [0.2, 0.25) is 0 Å². The molecule has 0 bridgehead atoms. The lowest BCUT2D eigenvalue weighted by Crippen LogP contribution is -2.36. The van der Waals surface area contributed by atoms with Crippen LogP contribution in [0, 0.1) is 0 Å². The first-order valence-electron chi connectivity index (χ1n) is 9.78. The van der Waals surface area contributed by atoms with Crippen LogP contribution in [0.4, 0.5) is 16.2 Å². The first kappa shape index (κ1) is 22.3. The summed E-state index contributed by atoms with van der Waals surface area (Å²) in [5.74, 6) is 0. The van der Waals surface area contributed by atoms with Crippen LogP contribution in [0.1, 0.15) is 5.56 Å². The molecule has 3 N–H and O–H groups in total. The van der Waals surface area contributed by atoms with Crippen LogP contribution in [0.5, 0.6) is 0 Å². The van der Waals surface area contributed by atoms with Crippen molar-refractivity contribution in [1.29, 1.82) is 0 Å². The number of nitrogens with zero attached hydrogens (tertiary/aromatic N) is 1. The molecule has 0 atom stereocenters. The van der Waals surface area contributed by atoms with Crippen molar-refractivity contribution in [3.8, 4) is 0 Å². The van der Waals surface area contributed by atoms with E-state index < -0.39 is 16.1 Å². The van der Waals surface area contributed by atoms with Crippen LogP contribution < -0.4 is 20.3 Å². The first-order valence-corrected chi connectivity index (χ1v) is 11.3. The number of benzene rings is 3. The van der Waals surface area contributed by atoms with Gasteiger partial charge in [-0.1, -0.05) is 49.1 Å². The summed E-state index contributed by atoms with van der Waals surface area (Å²) in [5.41, 5.74) is 2.52. The third kappa shape index (κ3) is 5.42. The van der Waals surface area contributed by atoms with Crippen LogP contribution in [0.3, 0.4) is 0 Å². The van der Waals surface area contributed by atoms with Crippen LogP contribution in [0.15, 0.2) is 72.1 Å². The van der Waals surface area contributed by atoms with Gasteiger partial charge in [0, 0.05) is 49.3 Å². The van der Waals surface area contributed by atoms with Gasteiger partial charge in [0.1, 0.15) is 0 Å². The fourth-order valence-corrected chi connectivity index (χ4v) is 4.46. The molecule has 2 amide bonds. The second-order valence-corrected chi connectivity index (χ2v) is 8.86. The quantitative estimate of drug-likeness (QED) is 0.468. The number of hydrogen-bond donors (Lipinski definition) is 3. The maximum absolute atomic E-state index is 12.9. The molecule has 0 aliphatic carbocycles. The predicted molar refractivity (Wildman–Crippen MR) is 127 cm³/mol. The van der Waals surface area contributed by atoms with E-state index in [0.29, 0.717) is 11.1 Å². The summed E-state index contributed by atoms with van der Waals surface area (Å²) in [7, 11) is 0.0873. The summed E-state index contributed by atoms with van der Waals surface area (Å²) in [5, 5.41) is 6.84. The average Bonchev–Trinajstić information content (AvgIpc) is 2.76. The van der Waals surface area contributed by atoms with Gasteiger partial charge >= 0.3 is 6.03 Å². The van der Waals surface area contributed by atoms with E-state index in [1.807, 2.05) is 49.3 Å². The lowest BCUT2D eigenvalue weighted by Gasteiger charge is -2.17. The molecule has 0 aliphatic rings. The van der Waals surface area contributed by atoms with Crippen molar-refractivity contribution in [2.24, 2.45) is 0 Å². The zero-order valence-electron chi connectivity index (χ0n) is 17.6. The lowest BCUT2D eigenvalue weighted by atomic mass is 10.1. The molecule has 31 heavy (non-hydrogen) atoms. The molecule has 0 aromatic heterocycles. The molecule has 3 aromatic carbocycles. The molecule has 3 rings (SSSR count). The Labute approximate surface area is 182 Å². The summed E-state index contributed by atoms with van der Waals surface area (Å²) in [6.07, 6.45) is 1.72. The second kappa shape index (κ2) is 9.63. The first-order chi connectivity index (χ1) is 14.8. The van der Waals surface area contributed by atoms with Gasteiger partial charge in [-0.05, 0) is 29.8 Å². The van der Waals surface area contributed by atoms with Gasteiger partial charge in [-0.3, -0.25) is 0 Å². The number of nitrogens with one attached hydrogen (secondary N) is 3. The smallest absolute Gasteiger partial charge is 0.319 e. The Balaban J connectivity index is 1.61. The van der Waals surface area contributed by atoms with Gasteiger partial charge in [-0.2, -0.15) is 0 Å². The van der Waals surface area contributed by atoms with Crippen molar-refractivity contribution >= 4 is 44.3 Å². The van der Waals surface area contributed by atoms with E-state index in [-0.39, 0.29) is 18.0 Å². The Bertz CT molecular complexity index is 1190. The second-order valence-electron chi connectivity index (χ2n) is 7.13.